The first-order valence-corrected chi connectivity index (χ1v) is 5.53. The van der Waals surface area contributed by atoms with E-state index in [0.29, 0.717) is 22.6 Å². The summed E-state index contributed by atoms with van der Waals surface area (Å²) in [5, 5.41) is 20.0. The fourth-order valence-electron chi connectivity index (χ4n) is 1.80. The van der Waals surface area contributed by atoms with E-state index in [9.17, 15) is 10.2 Å². The van der Waals surface area contributed by atoms with Crippen molar-refractivity contribution in [1.82, 2.24) is 0 Å². The number of hydrogen-bond acceptors (Lipinski definition) is 4. The average molecular weight is 245 g/mol. The molecule has 0 radical (unpaired) electrons. The third-order valence-corrected chi connectivity index (χ3v) is 2.82. The van der Waals surface area contributed by atoms with Crippen molar-refractivity contribution in [2.24, 2.45) is 0 Å². The summed E-state index contributed by atoms with van der Waals surface area (Å²) in [7, 11) is 1.54. The molecule has 18 heavy (non-hydrogen) atoms. The van der Waals surface area contributed by atoms with Crippen LogP contribution in [0.15, 0.2) is 42.5 Å². The molecule has 0 aliphatic heterocycles. The molecule has 0 bridgehead atoms. The van der Waals surface area contributed by atoms with Gasteiger partial charge in [0.15, 0.2) is 0 Å². The minimum atomic E-state index is -0.985. The van der Waals surface area contributed by atoms with E-state index in [1.54, 1.807) is 43.5 Å². The van der Waals surface area contributed by atoms with Crippen molar-refractivity contribution in [2.45, 2.75) is 6.10 Å². The van der Waals surface area contributed by atoms with E-state index in [4.69, 9.17) is 10.5 Å². The third-order valence-electron chi connectivity index (χ3n) is 2.82. The minimum absolute atomic E-state index is 0.0345. The smallest absolute Gasteiger partial charge is 0.121 e. The van der Waals surface area contributed by atoms with Crippen LogP contribution in [0.4, 0.5) is 5.69 Å². The molecular formula is C14H15NO3. The van der Waals surface area contributed by atoms with Crippen LogP contribution in [0.25, 0.3) is 0 Å². The van der Waals surface area contributed by atoms with Crippen molar-refractivity contribution in [3.05, 3.63) is 53.6 Å². The second-order valence-electron chi connectivity index (χ2n) is 3.96. The van der Waals surface area contributed by atoms with Gasteiger partial charge in [0.25, 0.3) is 0 Å². The molecule has 0 fully saturated rings. The molecule has 1 atom stereocenters. The Balaban J connectivity index is 2.45. The molecule has 0 amide bonds. The summed E-state index contributed by atoms with van der Waals surface area (Å²) in [6.07, 6.45) is -0.985. The quantitative estimate of drug-likeness (QED) is 0.723. The molecule has 4 nitrogen and oxygen atoms in total. The maximum atomic E-state index is 10.3. The van der Waals surface area contributed by atoms with Crippen LogP contribution < -0.4 is 10.5 Å². The molecule has 0 aliphatic rings. The monoisotopic (exact) mass is 245 g/mol. The lowest BCUT2D eigenvalue weighted by atomic mass is 9.99. The SMILES string of the molecule is COc1ccc(N)c(C(O)c2ccccc2O)c1. The molecule has 4 heteroatoms. The van der Waals surface area contributed by atoms with Crippen LogP contribution >= 0.6 is 0 Å². The number of aliphatic hydroxyl groups excluding tert-OH is 1. The number of benzene rings is 2. The van der Waals surface area contributed by atoms with Gasteiger partial charge in [-0.2, -0.15) is 0 Å². The van der Waals surface area contributed by atoms with Crippen LogP contribution in [0.1, 0.15) is 17.2 Å². The maximum Gasteiger partial charge on any atom is 0.121 e. The molecule has 4 N–H and O–H groups in total. The number of rotatable bonds is 3. The zero-order valence-electron chi connectivity index (χ0n) is 10.00. The highest BCUT2D eigenvalue weighted by atomic mass is 16.5. The number of hydrogen-bond donors (Lipinski definition) is 3. The summed E-state index contributed by atoms with van der Waals surface area (Å²) < 4.78 is 5.10. The summed E-state index contributed by atoms with van der Waals surface area (Å²) >= 11 is 0. The average Bonchev–Trinajstić information content (AvgIpc) is 2.39. The Morgan fingerprint density at radius 2 is 1.83 bits per heavy atom. The molecule has 2 aromatic rings. The topological polar surface area (TPSA) is 75.7 Å². The number of aromatic hydroxyl groups is 1. The minimum Gasteiger partial charge on any atom is -0.508 e. The fourth-order valence-corrected chi connectivity index (χ4v) is 1.80. The number of anilines is 1. The van der Waals surface area contributed by atoms with Gasteiger partial charge in [0.1, 0.15) is 17.6 Å². The molecule has 94 valence electrons. The highest BCUT2D eigenvalue weighted by Crippen LogP contribution is 2.33. The second-order valence-corrected chi connectivity index (χ2v) is 3.96. The van der Waals surface area contributed by atoms with Gasteiger partial charge in [-0.15, -0.1) is 0 Å². The molecule has 1 unspecified atom stereocenters. The predicted octanol–water partition coefficient (Wildman–Crippen LogP) is 2.06. The van der Waals surface area contributed by atoms with Crippen LogP contribution in [-0.4, -0.2) is 17.3 Å². The molecule has 2 aromatic carbocycles. The van der Waals surface area contributed by atoms with Gasteiger partial charge in [-0.1, -0.05) is 18.2 Å². The number of methoxy groups -OCH3 is 1. The number of nitrogens with two attached hydrogens (primary N) is 1. The van der Waals surface area contributed by atoms with Crippen LogP contribution in [0.2, 0.25) is 0 Å². The van der Waals surface area contributed by atoms with E-state index < -0.39 is 6.10 Å². The number of ether oxygens (including phenoxy) is 1. The first-order chi connectivity index (χ1) is 8.63. The molecule has 0 saturated carbocycles. The maximum absolute atomic E-state index is 10.3. The Morgan fingerprint density at radius 1 is 1.11 bits per heavy atom. The van der Waals surface area contributed by atoms with Crippen molar-refractivity contribution >= 4 is 5.69 Å². The Morgan fingerprint density at radius 3 is 2.50 bits per heavy atom. The lowest BCUT2D eigenvalue weighted by Crippen LogP contribution is -2.04. The molecule has 0 heterocycles. The van der Waals surface area contributed by atoms with Crippen molar-refractivity contribution < 1.29 is 14.9 Å². The number of phenols is 1. The number of aliphatic hydroxyl groups is 1. The Kier molecular flexibility index (Phi) is 3.39. The van der Waals surface area contributed by atoms with Crippen molar-refractivity contribution in [2.75, 3.05) is 12.8 Å². The Bertz CT molecular complexity index is 554. The first kappa shape index (κ1) is 12.3. The normalized spacial score (nSPS) is 12.1. The molecule has 2 rings (SSSR count). The molecule has 0 spiro atoms. The third kappa shape index (κ3) is 2.24. The van der Waals surface area contributed by atoms with Crippen molar-refractivity contribution in [3.8, 4) is 11.5 Å². The van der Waals surface area contributed by atoms with Crippen molar-refractivity contribution in [3.63, 3.8) is 0 Å². The second kappa shape index (κ2) is 4.98. The zero-order valence-corrected chi connectivity index (χ0v) is 10.00. The van der Waals surface area contributed by atoms with E-state index in [-0.39, 0.29) is 5.75 Å². The van der Waals surface area contributed by atoms with E-state index in [1.165, 1.54) is 6.07 Å². The molecular weight excluding hydrogens is 230 g/mol. The van der Waals surface area contributed by atoms with Gasteiger partial charge in [-0.05, 0) is 24.3 Å². The van der Waals surface area contributed by atoms with Gasteiger partial charge >= 0.3 is 0 Å². The predicted molar refractivity (Wildman–Crippen MR) is 69.6 cm³/mol. The lowest BCUT2D eigenvalue weighted by molar-refractivity contribution is 0.216. The largest absolute Gasteiger partial charge is 0.508 e. The summed E-state index contributed by atoms with van der Waals surface area (Å²) in [5.41, 5.74) is 7.21. The van der Waals surface area contributed by atoms with Crippen molar-refractivity contribution in [1.29, 1.82) is 0 Å². The van der Waals surface area contributed by atoms with Gasteiger partial charge in [-0.25, -0.2) is 0 Å². The molecule has 0 saturated heterocycles. The van der Waals surface area contributed by atoms with E-state index in [1.807, 2.05) is 0 Å². The van der Waals surface area contributed by atoms with E-state index >= 15 is 0 Å². The standard InChI is InChI=1S/C14H15NO3/c1-18-9-6-7-12(15)11(8-9)14(17)10-4-2-3-5-13(10)16/h2-8,14,16-17H,15H2,1H3. The van der Waals surface area contributed by atoms with E-state index in [2.05, 4.69) is 0 Å². The summed E-state index contributed by atoms with van der Waals surface area (Å²) in [6.45, 7) is 0. The molecule has 0 aromatic heterocycles. The summed E-state index contributed by atoms with van der Waals surface area (Å²) in [5.74, 6) is 0.640. The number of para-hydroxylation sites is 1. The molecule has 0 aliphatic carbocycles. The number of nitrogen functional groups attached to an aromatic ring is 1. The highest BCUT2D eigenvalue weighted by Gasteiger charge is 2.17. The van der Waals surface area contributed by atoms with Gasteiger partial charge in [-0.3, -0.25) is 0 Å². The summed E-state index contributed by atoms with van der Waals surface area (Å²) in [4.78, 5) is 0. The van der Waals surface area contributed by atoms with Gasteiger partial charge in [0.2, 0.25) is 0 Å². The number of phenolic OH excluding ortho intramolecular Hbond substituents is 1. The van der Waals surface area contributed by atoms with Crippen LogP contribution in [0.3, 0.4) is 0 Å². The highest BCUT2D eigenvalue weighted by molar-refractivity contribution is 5.55. The van der Waals surface area contributed by atoms with Gasteiger partial charge in [0.05, 0.1) is 7.11 Å². The van der Waals surface area contributed by atoms with Crippen LogP contribution in [0, 0.1) is 0 Å². The van der Waals surface area contributed by atoms with Gasteiger partial charge in [0, 0.05) is 16.8 Å². The summed E-state index contributed by atoms with van der Waals surface area (Å²) in [6, 6.07) is 11.7. The Labute approximate surface area is 105 Å². The van der Waals surface area contributed by atoms with E-state index in [0.717, 1.165) is 0 Å². The zero-order chi connectivity index (χ0) is 13.1. The van der Waals surface area contributed by atoms with Gasteiger partial charge < -0.3 is 20.7 Å². The first-order valence-electron chi connectivity index (χ1n) is 5.53. The lowest BCUT2D eigenvalue weighted by Gasteiger charge is -2.16. The van der Waals surface area contributed by atoms with Crippen LogP contribution in [0.5, 0.6) is 11.5 Å². The van der Waals surface area contributed by atoms with Crippen LogP contribution in [-0.2, 0) is 0 Å². The fraction of sp³-hybridized carbons (Fsp3) is 0.143. The Hall–Kier alpha value is -2.20.